The van der Waals surface area contributed by atoms with Crippen LogP contribution in [0, 0.1) is 5.92 Å². The van der Waals surface area contributed by atoms with Gasteiger partial charge in [-0.2, -0.15) is 0 Å². The molecule has 0 spiro atoms. The fraction of sp³-hybridized carbons (Fsp3) is 0.500. The molecule has 0 unspecified atom stereocenters. The zero-order chi connectivity index (χ0) is 94.2. The second-order valence-electron chi connectivity index (χ2n) is 34.6. The molecule has 40 heteroatoms. The summed E-state index contributed by atoms with van der Waals surface area (Å²) in [7, 11) is 1.48. The fourth-order valence-corrected chi connectivity index (χ4v) is 17.1. The quantitative estimate of drug-likeness (QED) is 0.0352. The number of carbonyl (C=O) groups excluding carboxylic acids is 8. The molecule has 8 aliphatic heterocycles. The normalized spacial score (nSPS) is 29.0. The van der Waals surface area contributed by atoms with E-state index in [1.807, 2.05) is 38.1 Å². The lowest BCUT2D eigenvalue weighted by Crippen LogP contribution is -2.66. The first kappa shape index (κ1) is 97.9. The highest BCUT2D eigenvalue weighted by Gasteiger charge is 2.54. The number of phenols is 3. The van der Waals surface area contributed by atoms with Crippen molar-refractivity contribution in [3.05, 3.63) is 148 Å². The van der Waals surface area contributed by atoms with Crippen LogP contribution in [0.4, 0.5) is 5.69 Å². The summed E-state index contributed by atoms with van der Waals surface area (Å²) >= 11 is 7.23. The zero-order valence-electron chi connectivity index (χ0n) is 73.1. The van der Waals surface area contributed by atoms with Gasteiger partial charge in [0.1, 0.15) is 95.6 Å². The number of halogens is 1. The van der Waals surface area contributed by atoms with Gasteiger partial charge in [0.2, 0.25) is 59.3 Å². The van der Waals surface area contributed by atoms with E-state index in [-0.39, 0.29) is 64.9 Å². The Kier molecular flexibility index (Phi) is 31.6. The number of anilines is 1. The summed E-state index contributed by atoms with van der Waals surface area (Å²) in [5.74, 6) is -16.3. The number of carbonyl (C=O) groups is 9. The molecule has 22 atom stereocenters. The van der Waals surface area contributed by atoms with Crippen molar-refractivity contribution >= 4 is 70.5 Å². The largest absolute Gasteiger partial charge is 0.508 e. The molecule has 6 aromatic carbocycles. The Morgan fingerprint density at radius 3 is 1.94 bits per heavy atom. The number of unbranched alkanes of at least 4 members (excludes halogenated alkanes) is 2. The molecule has 0 saturated carbocycles. The van der Waals surface area contributed by atoms with Crippen molar-refractivity contribution in [3.8, 4) is 57.1 Å². The summed E-state index contributed by atoms with van der Waals surface area (Å²) in [5.41, 5.74) is 8.83. The standard InChI is InChI=1S/C90H115ClN12O27/c1-10-12-26-103(27-13-11-2)49-20-14-44(15-21-49)38-95-39-64(109)102-90(8)37-66(124-43(6)80(90)114)129-78-75(112)74(111)62(40-104)127-88(78)130-77-60-31-48-32-61(77)126-59-25-19-47(30-54(59)91)73(110)71(100-81(115)55(94-9)28-41(3)4)85(119)96-56(35-63(92)108)82(116)97-69(48)84(118)98-68-46-18-24-57(106)52(29-46)67-53(33-50(105)34-58(67)107)70(87(121)122)99-86(120)72(101-83(68)117)76(45-16-22-51(125-60)23-17-45)128-65-36-89(7,93)79(113)42(5)123-65/h14-25,29-34,41-43,55-56,62,65-66,68-76,78-80,88,94-95,104-107,110-114H,10-13,26-28,35-40,93H2,1-9H3,(H2,92,108)(H,96,119)(H,97,116)(H,98,118)(H,99,120)(H,100,115)(H,101,117)(H,102,109)(H,121,122)/t42-,43-,55+,56-,62+,65-,66-,68+,69+,70-,71+,72-,73+,74+,75-,76+,78+,79-,80-,88-,89-,90-/m0/s1. The van der Waals surface area contributed by atoms with Crippen molar-refractivity contribution in [2.45, 2.75) is 247 Å². The minimum atomic E-state index is -2.38. The number of carboxylic acids is 1. The third kappa shape index (κ3) is 22.5. The van der Waals surface area contributed by atoms with E-state index in [9.17, 15) is 70.2 Å². The maximum absolute atomic E-state index is 16.6. The van der Waals surface area contributed by atoms with Gasteiger partial charge in [-0.05, 0) is 154 Å². The number of ether oxygens (including phenoxy) is 8. The van der Waals surface area contributed by atoms with Gasteiger partial charge in [-0.3, -0.25) is 38.4 Å². The molecule has 8 aliphatic rings. The summed E-state index contributed by atoms with van der Waals surface area (Å²) in [5, 5.41) is 141. The number of hydrogen-bond donors (Lipinski definition) is 21. The predicted molar refractivity (Wildman–Crippen MR) is 465 cm³/mol. The number of nitrogens with one attached hydrogen (secondary N) is 9. The van der Waals surface area contributed by atoms with Crippen LogP contribution < -0.4 is 78.4 Å². The van der Waals surface area contributed by atoms with Crippen LogP contribution in [0.1, 0.15) is 170 Å². The number of nitrogens with zero attached hydrogens (tertiary/aromatic N) is 1. The van der Waals surface area contributed by atoms with Gasteiger partial charge in [0.05, 0.1) is 54.5 Å². The van der Waals surface area contributed by atoms with Crippen LogP contribution in [0.3, 0.4) is 0 Å². The molecule has 3 saturated heterocycles. The molecule has 130 heavy (non-hydrogen) atoms. The second kappa shape index (κ2) is 42.0. The first-order chi connectivity index (χ1) is 61.7. The number of aromatic hydroxyl groups is 3. The van der Waals surface area contributed by atoms with Crippen LogP contribution in [0.5, 0.6) is 46.0 Å². The highest BCUT2D eigenvalue weighted by atomic mass is 35.5. The molecule has 39 nitrogen and oxygen atoms in total. The van der Waals surface area contributed by atoms with E-state index in [0.717, 1.165) is 98.6 Å². The van der Waals surface area contributed by atoms with Crippen LogP contribution in [0.25, 0.3) is 11.1 Å². The number of primary amides is 1. The molecule has 8 amide bonds. The fourth-order valence-electron chi connectivity index (χ4n) is 16.9. The highest BCUT2D eigenvalue weighted by Crippen LogP contribution is 2.50. The number of benzene rings is 6. The molecule has 11 bridgehead atoms. The van der Waals surface area contributed by atoms with Crippen molar-refractivity contribution in [2.75, 3.05) is 38.2 Å². The molecule has 6 aromatic rings. The lowest BCUT2D eigenvalue weighted by atomic mass is 9.85. The maximum Gasteiger partial charge on any atom is 0.330 e. The van der Waals surface area contributed by atoms with E-state index >= 15 is 24.0 Å². The number of aliphatic carboxylic acids is 1. The average Bonchev–Trinajstić information content (AvgIpc) is 0.760. The number of amides is 8. The molecule has 0 radical (unpaired) electrons. The van der Waals surface area contributed by atoms with Gasteiger partial charge in [0, 0.05) is 66.5 Å². The topological polar surface area (TPSA) is 593 Å². The van der Waals surface area contributed by atoms with Crippen molar-refractivity contribution in [3.63, 3.8) is 0 Å². The lowest BCUT2D eigenvalue weighted by Gasteiger charge is -2.48. The van der Waals surface area contributed by atoms with Gasteiger partial charge < -0.3 is 153 Å². The van der Waals surface area contributed by atoms with Gasteiger partial charge in [-0.15, -0.1) is 0 Å². The molecule has 0 aliphatic carbocycles. The smallest absolute Gasteiger partial charge is 0.330 e. The number of phenolic OH excluding ortho intramolecular Hbond substituents is 3. The van der Waals surface area contributed by atoms with Crippen molar-refractivity contribution < 1.29 is 132 Å². The summed E-state index contributed by atoms with van der Waals surface area (Å²) in [6.45, 7) is 14.8. The Bertz CT molecular complexity index is 5110. The van der Waals surface area contributed by atoms with E-state index in [4.69, 9.17) is 61.0 Å². The van der Waals surface area contributed by atoms with Crippen molar-refractivity contribution in [1.29, 1.82) is 0 Å². The summed E-state index contributed by atoms with van der Waals surface area (Å²) in [6, 6.07) is 9.35. The van der Waals surface area contributed by atoms with Gasteiger partial charge in [0.25, 0.3) is 0 Å². The van der Waals surface area contributed by atoms with E-state index in [0.29, 0.717) is 6.54 Å². The molecule has 704 valence electrons. The maximum atomic E-state index is 16.6. The molecule has 23 N–H and O–H groups in total. The van der Waals surface area contributed by atoms with Crippen LogP contribution >= 0.6 is 11.6 Å². The van der Waals surface area contributed by atoms with Gasteiger partial charge in [-0.25, -0.2) is 4.79 Å². The predicted octanol–water partition coefficient (Wildman–Crippen LogP) is 3.04. The van der Waals surface area contributed by atoms with Crippen LogP contribution in [0.15, 0.2) is 109 Å². The lowest BCUT2D eigenvalue weighted by molar-refractivity contribution is -0.334. The second-order valence-corrected chi connectivity index (χ2v) is 35.0. The van der Waals surface area contributed by atoms with E-state index < -0.39 is 256 Å². The summed E-state index contributed by atoms with van der Waals surface area (Å²) in [6.07, 6.45) is -19.4. The number of hydrogen-bond acceptors (Lipinski definition) is 30. The highest BCUT2D eigenvalue weighted by molar-refractivity contribution is 6.32. The van der Waals surface area contributed by atoms with Crippen molar-refractivity contribution in [2.24, 2.45) is 17.4 Å². The minimum absolute atomic E-state index is 0.0581. The molecular formula is C90H115ClN12O27. The summed E-state index contributed by atoms with van der Waals surface area (Å²) < 4.78 is 52.8. The Hall–Kier alpha value is -11.1. The van der Waals surface area contributed by atoms with E-state index in [2.05, 4.69) is 66.6 Å². The van der Waals surface area contributed by atoms with Gasteiger partial charge in [-0.1, -0.05) is 88.5 Å². The zero-order valence-corrected chi connectivity index (χ0v) is 73.9. The molecule has 14 rings (SSSR count). The monoisotopic (exact) mass is 1830 g/mol. The minimum Gasteiger partial charge on any atom is -0.508 e. The first-order valence-electron chi connectivity index (χ1n) is 43.1. The molecule has 3 fully saturated rings. The van der Waals surface area contributed by atoms with E-state index in [1.165, 1.54) is 64.2 Å². The van der Waals surface area contributed by atoms with Crippen LogP contribution in [-0.4, -0.2) is 241 Å². The molecule has 0 aromatic heterocycles. The third-order valence-electron chi connectivity index (χ3n) is 23.9. The van der Waals surface area contributed by atoms with Gasteiger partial charge >= 0.3 is 5.97 Å². The van der Waals surface area contributed by atoms with Crippen LogP contribution in [0.2, 0.25) is 5.02 Å². The molecule has 8 heterocycles. The average molecular weight is 1830 g/mol. The number of fused-ring (bicyclic) bond motifs is 15. The number of likely N-dealkylation sites (N-methyl/N-ethyl adjacent to an activating group) is 1. The number of aliphatic hydroxyl groups excluding tert-OH is 6. The van der Waals surface area contributed by atoms with Crippen LogP contribution in [-0.2, 0) is 73.4 Å². The number of aliphatic hydroxyl groups is 6. The van der Waals surface area contributed by atoms with Gasteiger partial charge in [0.15, 0.2) is 36.2 Å². The number of rotatable bonds is 27. The Balaban J connectivity index is 1.03. The first-order valence-corrected chi connectivity index (χ1v) is 43.5. The van der Waals surface area contributed by atoms with Crippen molar-refractivity contribution in [1.82, 2.24) is 47.9 Å². The molecular weight excluding hydrogens is 1720 g/mol. The number of carboxylic acid groups (broad SMARTS) is 1. The van der Waals surface area contributed by atoms with E-state index in [1.54, 1.807) is 6.92 Å². The summed E-state index contributed by atoms with van der Waals surface area (Å²) in [4.78, 5) is 137. The number of nitrogens with two attached hydrogens (primary N) is 2. The Morgan fingerprint density at radius 1 is 0.677 bits per heavy atom. The third-order valence-corrected chi connectivity index (χ3v) is 24.2. The Morgan fingerprint density at radius 2 is 1.31 bits per heavy atom. The Labute approximate surface area is 753 Å². The SMILES string of the molecule is CCCCN(CCCC)c1ccc(CNCC(=O)N[C@@]2(C)C[C@H](O[C@H]3[C@H](Oc4c5cc6cc4Oc4ccc(cc4Cl)[C@@H](O)[C@@H](NC(=O)[C@@H](CC(C)C)NC)C(=O)N[C@@H](CC(N)=O)C(=O)N[C@H]6C(=O)N[C@H]4C(=O)N[C@H](C(=O)N[C@H](C(=O)O)c6cc(O)cc(O)c6-c6cc4ccc6O)[C@H](O[C@H]4C[C@](C)(N)[C@@H](O)[C@H](C)O4)c4ccc(cc4)O5)O[C@H](CO)[C@@H](O)[C@@H]3O)O[C@@H](C)[C@@H]2O)cc1.